The highest BCUT2D eigenvalue weighted by Crippen LogP contribution is 2.32. The molecule has 0 bridgehead atoms. The van der Waals surface area contributed by atoms with Crippen molar-refractivity contribution in [2.75, 3.05) is 6.61 Å². The molecule has 3 heteroatoms. The third-order valence-corrected chi connectivity index (χ3v) is 4.05. The zero-order valence-electron chi connectivity index (χ0n) is 14.9. The lowest BCUT2D eigenvalue weighted by Crippen LogP contribution is -2.33. The fourth-order valence-electron chi connectivity index (χ4n) is 2.53. The minimum atomic E-state index is -0.145. The highest BCUT2D eigenvalue weighted by Gasteiger charge is 2.31. The van der Waals surface area contributed by atoms with Gasteiger partial charge in [-0.05, 0) is 25.7 Å². The van der Waals surface area contributed by atoms with Crippen molar-refractivity contribution >= 4 is 0 Å². The Kier molecular flexibility index (Phi) is 14.7. The first-order chi connectivity index (χ1) is 10.2. The van der Waals surface area contributed by atoms with Crippen LogP contribution < -0.4 is 0 Å². The fourth-order valence-corrected chi connectivity index (χ4v) is 2.53. The lowest BCUT2D eigenvalue weighted by molar-refractivity contribution is -0.546. The summed E-state index contributed by atoms with van der Waals surface area (Å²) >= 11 is 0. The molecule has 128 valence electrons. The smallest absolute Gasteiger partial charge is 0.107 e. The molecule has 0 rings (SSSR count). The molecule has 0 spiro atoms. The zero-order valence-corrected chi connectivity index (χ0v) is 14.9. The lowest BCUT2D eigenvalue weighted by atomic mass is 9.86. The van der Waals surface area contributed by atoms with Crippen LogP contribution in [0.25, 0.3) is 0 Å². The van der Waals surface area contributed by atoms with Crippen molar-refractivity contribution in [3.05, 3.63) is 0 Å². The average Bonchev–Trinajstić information content (AvgIpc) is 2.50. The van der Waals surface area contributed by atoms with Gasteiger partial charge in [0.1, 0.15) is 5.60 Å². The first kappa shape index (κ1) is 20.9. The molecule has 3 nitrogen and oxygen atoms in total. The van der Waals surface area contributed by atoms with Crippen LogP contribution in [0.15, 0.2) is 0 Å². The van der Waals surface area contributed by atoms with Crippen LogP contribution in [0.5, 0.6) is 0 Å². The molecular weight excluding hydrogens is 264 g/mol. The van der Waals surface area contributed by atoms with Gasteiger partial charge in [-0.25, -0.2) is 4.89 Å². The predicted octanol–water partition coefficient (Wildman–Crippen LogP) is 6.37. The molecular formula is C18H38O3. The number of hydrogen-bond donors (Lipinski definition) is 0. The van der Waals surface area contributed by atoms with Gasteiger partial charge in [0.05, 0.1) is 6.61 Å². The summed E-state index contributed by atoms with van der Waals surface area (Å²) in [6.45, 7) is 9.46. The topological polar surface area (TPSA) is 27.7 Å². The Labute approximate surface area is 132 Å². The SMILES string of the molecule is CCCCCC(CCCC)(CCCC)OOOCCCC. The maximum atomic E-state index is 5.80. The van der Waals surface area contributed by atoms with Gasteiger partial charge in [0.2, 0.25) is 0 Å². The van der Waals surface area contributed by atoms with E-state index in [0.29, 0.717) is 6.61 Å². The fraction of sp³-hybridized carbons (Fsp3) is 1.00. The summed E-state index contributed by atoms with van der Waals surface area (Å²) in [5, 5.41) is 5.13. The van der Waals surface area contributed by atoms with Crippen molar-refractivity contribution < 1.29 is 14.8 Å². The molecule has 0 saturated heterocycles. The highest BCUT2D eigenvalue weighted by molar-refractivity contribution is 4.79. The van der Waals surface area contributed by atoms with Crippen LogP contribution in [0, 0.1) is 0 Å². The second-order valence-corrected chi connectivity index (χ2v) is 6.17. The van der Waals surface area contributed by atoms with Gasteiger partial charge in [-0.15, -0.1) is 0 Å². The van der Waals surface area contributed by atoms with Gasteiger partial charge >= 0.3 is 0 Å². The molecule has 0 aliphatic carbocycles. The summed E-state index contributed by atoms with van der Waals surface area (Å²) in [5.74, 6) is 0. The minimum Gasteiger partial charge on any atom is -0.206 e. The lowest BCUT2D eigenvalue weighted by Gasteiger charge is -2.32. The largest absolute Gasteiger partial charge is 0.206 e. The van der Waals surface area contributed by atoms with Crippen LogP contribution in [-0.4, -0.2) is 12.2 Å². The van der Waals surface area contributed by atoms with Gasteiger partial charge in [0, 0.05) is 0 Å². The van der Waals surface area contributed by atoms with E-state index in [1.807, 2.05) is 0 Å². The Bertz CT molecular complexity index is 199. The number of hydrogen-bond acceptors (Lipinski definition) is 3. The monoisotopic (exact) mass is 302 g/mol. The Morgan fingerprint density at radius 1 is 0.619 bits per heavy atom. The molecule has 21 heavy (non-hydrogen) atoms. The first-order valence-corrected chi connectivity index (χ1v) is 9.22. The van der Waals surface area contributed by atoms with Gasteiger partial charge in [-0.2, -0.15) is 4.89 Å². The quantitative estimate of drug-likeness (QED) is 0.188. The van der Waals surface area contributed by atoms with Crippen molar-refractivity contribution in [2.24, 2.45) is 0 Å². The summed E-state index contributed by atoms with van der Waals surface area (Å²) in [4.78, 5) is 11.0. The molecule has 0 N–H and O–H groups in total. The Morgan fingerprint density at radius 3 is 1.67 bits per heavy atom. The highest BCUT2D eigenvalue weighted by atomic mass is 17.5. The van der Waals surface area contributed by atoms with E-state index < -0.39 is 0 Å². The molecule has 0 saturated carbocycles. The van der Waals surface area contributed by atoms with Crippen LogP contribution in [0.2, 0.25) is 0 Å². The number of unbranched alkanes of at least 4 members (excludes halogenated alkanes) is 5. The maximum Gasteiger partial charge on any atom is 0.107 e. The first-order valence-electron chi connectivity index (χ1n) is 9.22. The van der Waals surface area contributed by atoms with E-state index >= 15 is 0 Å². The molecule has 0 aromatic carbocycles. The van der Waals surface area contributed by atoms with E-state index in [4.69, 9.17) is 14.8 Å². The zero-order chi connectivity index (χ0) is 15.8. The molecule has 0 aliphatic rings. The third kappa shape index (κ3) is 11.1. The van der Waals surface area contributed by atoms with E-state index in [-0.39, 0.29) is 5.60 Å². The van der Waals surface area contributed by atoms with Gasteiger partial charge in [-0.3, -0.25) is 0 Å². The molecule has 0 aromatic rings. The van der Waals surface area contributed by atoms with Gasteiger partial charge < -0.3 is 0 Å². The second kappa shape index (κ2) is 14.8. The predicted molar refractivity (Wildman–Crippen MR) is 89.0 cm³/mol. The van der Waals surface area contributed by atoms with Crippen molar-refractivity contribution in [3.8, 4) is 0 Å². The van der Waals surface area contributed by atoms with Crippen molar-refractivity contribution in [2.45, 2.75) is 110 Å². The maximum absolute atomic E-state index is 5.80. The Balaban J connectivity index is 4.39. The molecule has 0 heterocycles. The van der Waals surface area contributed by atoms with Crippen molar-refractivity contribution in [1.82, 2.24) is 0 Å². The summed E-state index contributed by atoms with van der Waals surface area (Å²) in [6.07, 6.45) is 13.8. The van der Waals surface area contributed by atoms with Crippen molar-refractivity contribution in [1.29, 1.82) is 0 Å². The summed E-state index contributed by atoms with van der Waals surface area (Å²) in [6, 6.07) is 0. The van der Waals surface area contributed by atoms with Crippen LogP contribution in [0.1, 0.15) is 105 Å². The van der Waals surface area contributed by atoms with E-state index in [0.717, 1.165) is 32.1 Å². The molecule has 0 aromatic heterocycles. The van der Waals surface area contributed by atoms with Crippen LogP contribution in [0.4, 0.5) is 0 Å². The van der Waals surface area contributed by atoms with Gasteiger partial charge in [-0.1, -0.05) is 84.1 Å². The van der Waals surface area contributed by atoms with E-state index in [2.05, 4.69) is 27.7 Å². The van der Waals surface area contributed by atoms with E-state index in [1.54, 1.807) is 0 Å². The standard InChI is InChI=1S/C18H38O3/c1-5-9-13-16-18(14-10-6-2,15-11-7-3)20-21-19-17-12-8-4/h5-17H2,1-4H3. The summed E-state index contributed by atoms with van der Waals surface area (Å²) in [5.41, 5.74) is -0.145. The van der Waals surface area contributed by atoms with Gasteiger partial charge in [0.15, 0.2) is 0 Å². The Hall–Kier alpha value is -0.120. The number of rotatable bonds is 16. The molecule has 0 aliphatic heterocycles. The Morgan fingerprint density at radius 2 is 1.14 bits per heavy atom. The minimum absolute atomic E-state index is 0.145. The molecule has 0 atom stereocenters. The second-order valence-electron chi connectivity index (χ2n) is 6.17. The van der Waals surface area contributed by atoms with Crippen LogP contribution in [-0.2, 0) is 14.8 Å². The van der Waals surface area contributed by atoms with E-state index in [9.17, 15) is 0 Å². The van der Waals surface area contributed by atoms with Crippen molar-refractivity contribution in [3.63, 3.8) is 0 Å². The molecule has 0 amide bonds. The van der Waals surface area contributed by atoms with Crippen LogP contribution >= 0.6 is 0 Å². The van der Waals surface area contributed by atoms with E-state index in [1.165, 1.54) is 44.9 Å². The third-order valence-electron chi connectivity index (χ3n) is 4.05. The van der Waals surface area contributed by atoms with Crippen LogP contribution in [0.3, 0.4) is 0 Å². The average molecular weight is 302 g/mol. The normalized spacial score (nSPS) is 12.0. The summed E-state index contributed by atoms with van der Waals surface area (Å²) < 4.78 is 0. The molecule has 0 fully saturated rings. The summed E-state index contributed by atoms with van der Waals surface area (Å²) in [7, 11) is 0. The molecule has 0 unspecified atom stereocenters. The molecule has 0 radical (unpaired) electrons. The van der Waals surface area contributed by atoms with Gasteiger partial charge in [0.25, 0.3) is 0 Å².